The fourth-order valence-corrected chi connectivity index (χ4v) is 3.71. The van der Waals surface area contributed by atoms with E-state index in [9.17, 15) is 0 Å². The monoisotopic (exact) mass is 236 g/mol. The van der Waals surface area contributed by atoms with Crippen LogP contribution in [-0.2, 0) is 0 Å². The second-order valence-corrected chi connectivity index (χ2v) is 6.94. The van der Waals surface area contributed by atoms with Crippen LogP contribution in [0, 0.1) is 17.8 Å². The van der Waals surface area contributed by atoms with Crippen LogP contribution < -0.4 is 5.32 Å². The van der Waals surface area contributed by atoms with Crippen LogP contribution in [0.5, 0.6) is 0 Å². The first-order valence-electron chi connectivity index (χ1n) is 7.71. The van der Waals surface area contributed by atoms with Crippen LogP contribution in [-0.4, -0.2) is 36.6 Å². The summed E-state index contributed by atoms with van der Waals surface area (Å²) in [5, 5.41) is 3.71. The molecule has 1 saturated heterocycles. The summed E-state index contributed by atoms with van der Waals surface area (Å²) in [5.41, 5.74) is 0. The molecule has 0 aromatic carbocycles. The third-order valence-electron chi connectivity index (χ3n) is 4.67. The first kappa shape index (κ1) is 12.0. The van der Waals surface area contributed by atoms with Crippen molar-refractivity contribution in [3.63, 3.8) is 0 Å². The molecule has 2 nitrogen and oxygen atoms in total. The molecule has 1 atom stereocenters. The van der Waals surface area contributed by atoms with Crippen molar-refractivity contribution in [1.29, 1.82) is 0 Å². The van der Waals surface area contributed by atoms with E-state index in [4.69, 9.17) is 0 Å². The number of nitrogens with zero attached hydrogens (tertiary/aromatic N) is 1. The molecule has 2 aliphatic carbocycles. The Morgan fingerprint density at radius 2 is 1.76 bits per heavy atom. The van der Waals surface area contributed by atoms with E-state index < -0.39 is 0 Å². The highest BCUT2D eigenvalue weighted by Crippen LogP contribution is 2.47. The zero-order valence-corrected chi connectivity index (χ0v) is 11.5. The predicted octanol–water partition coefficient (Wildman–Crippen LogP) is 2.49. The molecule has 1 heterocycles. The molecule has 0 aromatic rings. The number of rotatable bonds is 5. The Morgan fingerprint density at radius 3 is 2.29 bits per heavy atom. The fraction of sp³-hybridized carbons (Fsp3) is 1.00. The van der Waals surface area contributed by atoms with Crippen LogP contribution >= 0.6 is 0 Å². The van der Waals surface area contributed by atoms with Crippen LogP contribution in [0.25, 0.3) is 0 Å². The lowest BCUT2D eigenvalue weighted by Gasteiger charge is -2.40. The van der Waals surface area contributed by atoms with E-state index in [1.807, 2.05) is 0 Å². The van der Waals surface area contributed by atoms with Crippen molar-refractivity contribution in [2.24, 2.45) is 17.8 Å². The summed E-state index contributed by atoms with van der Waals surface area (Å²) >= 11 is 0. The summed E-state index contributed by atoms with van der Waals surface area (Å²) in [6.07, 6.45) is 7.40. The van der Waals surface area contributed by atoms with Crippen molar-refractivity contribution in [2.45, 2.75) is 58.0 Å². The average molecular weight is 236 g/mol. The average Bonchev–Trinajstić information content (AvgIpc) is 3.11. The molecule has 2 heteroatoms. The Balaban J connectivity index is 1.57. The van der Waals surface area contributed by atoms with E-state index in [1.165, 1.54) is 51.7 Å². The zero-order valence-electron chi connectivity index (χ0n) is 11.5. The van der Waals surface area contributed by atoms with Gasteiger partial charge in [-0.1, -0.05) is 13.8 Å². The summed E-state index contributed by atoms with van der Waals surface area (Å²) < 4.78 is 0. The second kappa shape index (κ2) is 4.89. The van der Waals surface area contributed by atoms with Gasteiger partial charge in [0.1, 0.15) is 0 Å². The van der Waals surface area contributed by atoms with E-state index in [1.54, 1.807) is 0 Å². The van der Waals surface area contributed by atoms with E-state index in [2.05, 4.69) is 24.1 Å². The lowest BCUT2D eigenvalue weighted by atomic mass is 9.98. The fourth-order valence-electron chi connectivity index (χ4n) is 3.71. The minimum Gasteiger partial charge on any atom is -0.311 e. The summed E-state index contributed by atoms with van der Waals surface area (Å²) in [5.74, 6) is 2.97. The predicted molar refractivity (Wildman–Crippen MR) is 72.1 cm³/mol. The Morgan fingerprint density at radius 1 is 1.12 bits per heavy atom. The molecule has 3 aliphatic rings. The largest absolute Gasteiger partial charge is 0.311 e. The molecule has 1 aliphatic heterocycles. The molecule has 0 bridgehead atoms. The van der Waals surface area contributed by atoms with Gasteiger partial charge >= 0.3 is 0 Å². The van der Waals surface area contributed by atoms with Gasteiger partial charge in [0.25, 0.3) is 0 Å². The van der Waals surface area contributed by atoms with E-state index in [0.29, 0.717) is 0 Å². The summed E-state index contributed by atoms with van der Waals surface area (Å²) in [6, 6.07) is 1.72. The van der Waals surface area contributed by atoms with Crippen LogP contribution in [0.2, 0.25) is 0 Å². The minimum absolute atomic E-state index is 0.753. The molecular weight excluding hydrogens is 208 g/mol. The van der Waals surface area contributed by atoms with E-state index in [0.717, 1.165) is 29.8 Å². The topological polar surface area (TPSA) is 15.3 Å². The highest BCUT2D eigenvalue weighted by Gasteiger charge is 2.45. The van der Waals surface area contributed by atoms with E-state index >= 15 is 0 Å². The number of nitrogens with one attached hydrogen (secondary N) is 1. The van der Waals surface area contributed by atoms with Crippen molar-refractivity contribution in [2.75, 3.05) is 19.6 Å². The molecule has 0 radical (unpaired) electrons. The Labute approximate surface area is 106 Å². The molecule has 17 heavy (non-hydrogen) atoms. The van der Waals surface area contributed by atoms with Crippen LogP contribution in [0.4, 0.5) is 0 Å². The van der Waals surface area contributed by atoms with Gasteiger partial charge in [-0.2, -0.15) is 0 Å². The van der Waals surface area contributed by atoms with Crippen molar-refractivity contribution in [1.82, 2.24) is 10.2 Å². The third kappa shape index (κ3) is 3.03. The molecule has 2 saturated carbocycles. The van der Waals surface area contributed by atoms with Crippen LogP contribution in [0.3, 0.4) is 0 Å². The van der Waals surface area contributed by atoms with Crippen LogP contribution in [0.15, 0.2) is 0 Å². The lowest BCUT2D eigenvalue weighted by Crippen LogP contribution is -2.55. The number of hydrogen-bond acceptors (Lipinski definition) is 2. The summed E-state index contributed by atoms with van der Waals surface area (Å²) in [6.45, 7) is 8.52. The zero-order chi connectivity index (χ0) is 11.8. The first-order valence-corrected chi connectivity index (χ1v) is 7.71. The quantitative estimate of drug-likeness (QED) is 0.789. The van der Waals surface area contributed by atoms with Gasteiger partial charge in [0.05, 0.1) is 0 Å². The summed E-state index contributed by atoms with van der Waals surface area (Å²) in [7, 11) is 0. The second-order valence-electron chi connectivity index (χ2n) is 6.94. The van der Waals surface area contributed by atoms with Gasteiger partial charge in [0, 0.05) is 31.7 Å². The molecule has 0 amide bonds. The molecular formula is C15H28N2. The van der Waals surface area contributed by atoms with Gasteiger partial charge in [-0.15, -0.1) is 0 Å². The van der Waals surface area contributed by atoms with Gasteiger partial charge in [-0.3, -0.25) is 4.90 Å². The Bertz CT molecular complexity index is 244. The minimum atomic E-state index is 0.753. The van der Waals surface area contributed by atoms with Crippen molar-refractivity contribution >= 4 is 0 Å². The molecule has 0 spiro atoms. The van der Waals surface area contributed by atoms with Crippen molar-refractivity contribution in [3.8, 4) is 0 Å². The third-order valence-corrected chi connectivity index (χ3v) is 4.67. The molecule has 3 fully saturated rings. The maximum atomic E-state index is 3.71. The SMILES string of the molecule is CC(C)CC1CN(C(C2CC2)C2CC2)CCN1. The van der Waals surface area contributed by atoms with Gasteiger partial charge < -0.3 is 5.32 Å². The van der Waals surface area contributed by atoms with Gasteiger partial charge in [0.15, 0.2) is 0 Å². The van der Waals surface area contributed by atoms with Crippen molar-refractivity contribution in [3.05, 3.63) is 0 Å². The molecule has 0 aromatic heterocycles. The number of hydrogen-bond donors (Lipinski definition) is 1. The maximum Gasteiger partial charge on any atom is 0.0198 e. The van der Waals surface area contributed by atoms with Gasteiger partial charge in [0.2, 0.25) is 0 Å². The van der Waals surface area contributed by atoms with Crippen LogP contribution in [0.1, 0.15) is 46.0 Å². The van der Waals surface area contributed by atoms with Gasteiger partial charge in [-0.25, -0.2) is 0 Å². The Hall–Kier alpha value is -0.0800. The van der Waals surface area contributed by atoms with Gasteiger partial charge in [-0.05, 0) is 49.9 Å². The summed E-state index contributed by atoms with van der Waals surface area (Å²) in [4.78, 5) is 2.85. The van der Waals surface area contributed by atoms with Crippen molar-refractivity contribution < 1.29 is 0 Å². The lowest BCUT2D eigenvalue weighted by molar-refractivity contribution is 0.107. The maximum absolute atomic E-state index is 3.71. The highest BCUT2D eigenvalue weighted by atomic mass is 15.2. The first-order chi connectivity index (χ1) is 8.24. The Kier molecular flexibility index (Phi) is 3.45. The normalized spacial score (nSPS) is 31.4. The molecule has 3 rings (SSSR count). The smallest absolute Gasteiger partial charge is 0.0198 e. The molecule has 1 unspecified atom stereocenters. The standard InChI is InChI=1S/C15H28N2/c1-11(2)9-14-10-17(8-7-16-14)15(12-3-4-12)13-5-6-13/h11-16H,3-10H2,1-2H3. The highest BCUT2D eigenvalue weighted by molar-refractivity contribution is 4.99. The van der Waals surface area contributed by atoms with E-state index in [-0.39, 0.29) is 0 Å². The molecule has 1 N–H and O–H groups in total. The number of piperazine rings is 1. The molecule has 98 valence electrons.